The van der Waals surface area contributed by atoms with E-state index in [4.69, 9.17) is 4.74 Å². The number of carbonyl (C=O) groups excluding carboxylic acids is 2. The van der Waals surface area contributed by atoms with Gasteiger partial charge in [0.15, 0.2) is 0 Å². The zero-order chi connectivity index (χ0) is 20.5. The first kappa shape index (κ1) is 20.8. The molecule has 0 radical (unpaired) electrons. The van der Waals surface area contributed by atoms with E-state index in [9.17, 15) is 9.59 Å². The lowest BCUT2D eigenvalue weighted by atomic mass is 9.96. The van der Waals surface area contributed by atoms with Gasteiger partial charge in [0.25, 0.3) is 0 Å². The van der Waals surface area contributed by atoms with Gasteiger partial charge in [0, 0.05) is 32.0 Å². The van der Waals surface area contributed by atoms with Crippen LogP contribution in [0.2, 0.25) is 0 Å². The molecule has 0 spiro atoms. The second-order valence-electron chi connectivity index (χ2n) is 7.32. The molecule has 1 fully saturated rings. The summed E-state index contributed by atoms with van der Waals surface area (Å²) in [5.74, 6) is -0.0195. The fourth-order valence-corrected chi connectivity index (χ4v) is 3.42. The summed E-state index contributed by atoms with van der Waals surface area (Å²) >= 11 is 0. The second-order valence-corrected chi connectivity index (χ2v) is 7.32. The standard InChI is InChI=1S/C22H28N4O3/c1-29-20-6-4-17(5-7-20)14-24-21(27)22(28)25-15-18-8-11-26(12-9-18)16-19-3-2-10-23-13-19/h2-7,10,13,18H,8-9,11-12,14-16H2,1H3,(H,24,27)(H,25,28). The van der Waals surface area contributed by atoms with E-state index in [1.54, 1.807) is 13.3 Å². The zero-order valence-electron chi connectivity index (χ0n) is 16.8. The van der Waals surface area contributed by atoms with Gasteiger partial charge in [0.1, 0.15) is 5.75 Å². The zero-order valence-corrected chi connectivity index (χ0v) is 16.8. The molecule has 0 saturated carbocycles. The predicted octanol–water partition coefficient (Wildman–Crippen LogP) is 1.73. The first-order chi connectivity index (χ1) is 14.1. The molecule has 2 N–H and O–H groups in total. The number of carbonyl (C=O) groups is 2. The number of pyridine rings is 1. The number of ether oxygens (including phenoxy) is 1. The highest BCUT2D eigenvalue weighted by atomic mass is 16.5. The van der Waals surface area contributed by atoms with E-state index in [2.05, 4.69) is 26.6 Å². The third kappa shape index (κ3) is 6.57. The first-order valence-electron chi connectivity index (χ1n) is 9.94. The summed E-state index contributed by atoms with van der Waals surface area (Å²) in [7, 11) is 1.60. The summed E-state index contributed by atoms with van der Waals surface area (Å²) < 4.78 is 5.10. The Kier molecular flexibility index (Phi) is 7.58. The number of likely N-dealkylation sites (tertiary alicyclic amines) is 1. The van der Waals surface area contributed by atoms with Gasteiger partial charge in [-0.05, 0) is 61.2 Å². The van der Waals surface area contributed by atoms with Crippen molar-refractivity contribution in [2.75, 3.05) is 26.7 Å². The second kappa shape index (κ2) is 10.6. The molecule has 154 valence electrons. The molecule has 1 aliphatic heterocycles. The average Bonchev–Trinajstić information content (AvgIpc) is 2.77. The highest BCUT2D eigenvalue weighted by molar-refractivity contribution is 6.35. The first-order valence-corrected chi connectivity index (χ1v) is 9.94. The lowest BCUT2D eigenvalue weighted by Gasteiger charge is -2.31. The SMILES string of the molecule is COc1ccc(CNC(=O)C(=O)NCC2CCN(Cc3cccnc3)CC2)cc1. The van der Waals surface area contributed by atoms with Gasteiger partial charge in [-0.25, -0.2) is 0 Å². The largest absolute Gasteiger partial charge is 0.497 e. The molecule has 7 nitrogen and oxygen atoms in total. The molecule has 7 heteroatoms. The van der Waals surface area contributed by atoms with Crippen molar-refractivity contribution < 1.29 is 14.3 Å². The van der Waals surface area contributed by atoms with Crippen LogP contribution in [0.25, 0.3) is 0 Å². The van der Waals surface area contributed by atoms with Crippen LogP contribution >= 0.6 is 0 Å². The van der Waals surface area contributed by atoms with E-state index in [0.29, 0.717) is 19.0 Å². The smallest absolute Gasteiger partial charge is 0.309 e. The molecule has 1 aromatic carbocycles. The van der Waals surface area contributed by atoms with Crippen LogP contribution in [0, 0.1) is 5.92 Å². The number of aromatic nitrogens is 1. The summed E-state index contributed by atoms with van der Waals surface area (Å²) in [6, 6.07) is 11.4. The number of rotatable bonds is 7. The third-order valence-electron chi connectivity index (χ3n) is 5.21. The highest BCUT2D eigenvalue weighted by Crippen LogP contribution is 2.18. The molecular formula is C22H28N4O3. The summed E-state index contributed by atoms with van der Waals surface area (Å²) in [5, 5.41) is 5.42. The maximum absolute atomic E-state index is 12.1. The van der Waals surface area contributed by atoms with E-state index in [-0.39, 0.29) is 0 Å². The van der Waals surface area contributed by atoms with Gasteiger partial charge >= 0.3 is 11.8 Å². The Morgan fingerprint density at radius 3 is 2.45 bits per heavy atom. The van der Waals surface area contributed by atoms with Gasteiger partial charge in [-0.3, -0.25) is 19.5 Å². The van der Waals surface area contributed by atoms with Crippen LogP contribution in [0.15, 0.2) is 48.8 Å². The van der Waals surface area contributed by atoms with Gasteiger partial charge in [-0.2, -0.15) is 0 Å². The van der Waals surface area contributed by atoms with Crippen LogP contribution in [0.1, 0.15) is 24.0 Å². The Bertz CT molecular complexity index is 787. The Morgan fingerprint density at radius 1 is 1.07 bits per heavy atom. The number of benzene rings is 1. The van der Waals surface area contributed by atoms with Crippen molar-refractivity contribution in [3.8, 4) is 5.75 Å². The van der Waals surface area contributed by atoms with E-state index < -0.39 is 11.8 Å². The summed E-state index contributed by atoms with van der Waals surface area (Å²) in [6.45, 7) is 3.72. The van der Waals surface area contributed by atoms with Crippen molar-refractivity contribution in [2.24, 2.45) is 5.92 Å². The monoisotopic (exact) mass is 396 g/mol. The Hall–Kier alpha value is -2.93. The Morgan fingerprint density at radius 2 is 1.79 bits per heavy atom. The summed E-state index contributed by atoms with van der Waals surface area (Å²) in [6.07, 6.45) is 5.70. The molecule has 0 aliphatic carbocycles. The number of nitrogens with zero attached hydrogens (tertiary/aromatic N) is 2. The van der Waals surface area contributed by atoms with E-state index in [0.717, 1.165) is 43.8 Å². The molecule has 0 bridgehead atoms. The van der Waals surface area contributed by atoms with Crippen molar-refractivity contribution in [3.05, 3.63) is 59.9 Å². The fourth-order valence-electron chi connectivity index (χ4n) is 3.42. The Labute approximate surface area is 171 Å². The molecule has 2 heterocycles. The number of nitrogens with one attached hydrogen (secondary N) is 2. The van der Waals surface area contributed by atoms with Gasteiger partial charge in [0.05, 0.1) is 7.11 Å². The minimum atomic E-state index is -0.602. The summed E-state index contributed by atoms with van der Waals surface area (Å²) in [5.41, 5.74) is 2.13. The average molecular weight is 396 g/mol. The maximum Gasteiger partial charge on any atom is 0.309 e. The van der Waals surface area contributed by atoms with Gasteiger partial charge in [-0.1, -0.05) is 18.2 Å². The number of piperidine rings is 1. The molecule has 0 unspecified atom stereocenters. The van der Waals surface area contributed by atoms with Gasteiger partial charge in [-0.15, -0.1) is 0 Å². The van der Waals surface area contributed by atoms with Crippen LogP contribution in [0.5, 0.6) is 5.75 Å². The third-order valence-corrected chi connectivity index (χ3v) is 5.21. The Balaban J connectivity index is 1.33. The van der Waals surface area contributed by atoms with Crippen molar-refractivity contribution in [2.45, 2.75) is 25.9 Å². The molecule has 1 aromatic heterocycles. The topological polar surface area (TPSA) is 83.6 Å². The van der Waals surface area contributed by atoms with E-state index in [1.165, 1.54) is 5.56 Å². The quantitative estimate of drug-likeness (QED) is 0.697. The maximum atomic E-state index is 12.1. The van der Waals surface area contributed by atoms with E-state index in [1.807, 2.05) is 36.5 Å². The number of methoxy groups -OCH3 is 1. The van der Waals surface area contributed by atoms with Crippen molar-refractivity contribution in [1.82, 2.24) is 20.5 Å². The molecule has 2 aromatic rings. The predicted molar refractivity (Wildman–Crippen MR) is 110 cm³/mol. The molecule has 0 atom stereocenters. The highest BCUT2D eigenvalue weighted by Gasteiger charge is 2.21. The molecule has 29 heavy (non-hydrogen) atoms. The van der Waals surface area contributed by atoms with Crippen molar-refractivity contribution >= 4 is 11.8 Å². The van der Waals surface area contributed by atoms with Gasteiger partial charge in [0.2, 0.25) is 0 Å². The van der Waals surface area contributed by atoms with Crippen molar-refractivity contribution in [1.29, 1.82) is 0 Å². The van der Waals surface area contributed by atoms with Crippen LogP contribution in [-0.4, -0.2) is 48.4 Å². The molecule has 1 saturated heterocycles. The lowest BCUT2D eigenvalue weighted by Crippen LogP contribution is -2.43. The van der Waals surface area contributed by atoms with Crippen molar-refractivity contribution in [3.63, 3.8) is 0 Å². The normalized spacial score (nSPS) is 14.9. The summed E-state index contributed by atoms with van der Waals surface area (Å²) in [4.78, 5) is 30.6. The molecular weight excluding hydrogens is 368 g/mol. The number of hydrogen-bond donors (Lipinski definition) is 2. The fraction of sp³-hybridized carbons (Fsp3) is 0.409. The lowest BCUT2D eigenvalue weighted by molar-refractivity contribution is -0.139. The van der Waals surface area contributed by atoms with Gasteiger partial charge < -0.3 is 15.4 Å². The minimum Gasteiger partial charge on any atom is -0.497 e. The minimum absolute atomic E-state index is 0.309. The molecule has 3 rings (SSSR count). The number of amides is 2. The van der Waals surface area contributed by atoms with Crippen LogP contribution in [-0.2, 0) is 22.7 Å². The number of hydrogen-bond acceptors (Lipinski definition) is 5. The molecule has 1 aliphatic rings. The molecule has 2 amide bonds. The van der Waals surface area contributed by atoms with Crippen LogP contribution < -0.4 is 15.4 Å². The van der Waals surface area contributed by atoms with E-state index >= 15 is 0 Å². The van der Waals surface area contributed by atoms with Crippen LogP contribution in [0.3, 0.4) is 0 Å². The van der Waals surface area contributed by atoms with Crippen LogP contribution in [0.4, 0.5) is 0 Å².